The summed E-state index contributed by atoms with van der Waals surface area (Å²) in [4.78, 5) is 0. The van der Waals surface area contributed by atoms with E-state index in [1.54, 1.807) is 0 Å². The van der Waals surface area contributed by atoms with E-state index in [0.29, 0.717) is 0 Å². The number of allylic oxidation sites excluding steroid dienone is 2. The van der Waals surface area contributed by atoms with Gasteiger partial charge >= 0.3 is 21.1 Å². The standard InChI is InChI=1S/C26H24P2.2C5H9.Pt/c1-5-13-23(14-6-1)27(24-15-7-2-8-16-24)21-22-28(25-17-9-3-10-18-25)26-19-11-4-12-20-26;2*1-3-5-4-2;/h1-20H,21-22H2;2*3H,1-2,4-5H2;/q;2*-1;+2. The summed E-state index contributed by atoms with van der Waals surface area (Å²) < 4.78 is 0. The number of benzene rings is 4. The van der Waals surface area contributed by atoms with Gasteiger partial charge in [0.1, 0.15) is 0 Å². The maximum Gasteiger partial charge on any atom is 2.00 e. The molecule has 3 heteroatoms. The van der Waals surface area contributed by atoms with Crippen molar-refractivity contribution in [2.75, 3.05) is 12.3 Å². The molecule has 0 bridgehead atoms. The average Bonchev–Trinajstić information content (AvgIpc) is 2.99. The van der Waals surface area contributed by atoms with E-state index in [0.717, 1.165) is 25.7 Å². The second kappa shape index (κ2) is 22.7. The third-order valence-corrected chi connectivity index (χ3v) is 11.0. The van der Waals surface area contributed by atoms with E-state index < -0.39 is 0 Å². The normalized spacial score (nSPS) is 9.85. The molecule has 206 valence electrons. The number of hydrogen-bond donors (Lipinski definition) is 0. The third-order valence-electron chi connectivity index (χ3n) is 5.64. The largest absolute Gasteiger partial charge is 2.00 e. The molecule has 0 nitrogen and oxygen atoms in total. The molecule has 0 spiro atoms. The van der Waals surface area contributed by atoms with E-state index in [4.69, 9.17) is 0 Å². The zero-order valence-electron chi connectivity index (χ0n) is 23.0. The predicted octanol–water partition coefficient (Wildman–Crippen LogP) is 8.82. The number of unbranched alkanes of at least 4 members (excludes halogenated alkanes) is 2. The van der Waals surface area contributed by atoms with Crippen LogP contribution in [0.25, 0.3) is 0 Å². The molecule has 0 aliphatic heterocycles. The Morgan fingerprint density at radius 1 is 0.462 bits per heavy atom. The quantitative estimate of drug-likeness (QED) is 0.0823. The van der Waals surface area contributed by atoms with Crippen molar-refractivity contribution < 1.29 is 21.1 Å². The molecule has 39 heavy (non-hydrogen) atoms. The van der Waals surface area contributed by atoms with Crippen molar-refractivity contribution in [2.45, 2.75) is 25.7 Å². The first-order valence-corrected chi connectivity index (χ1v) is 16.4. The molecule has 0 atom stereocenters. The molecule has 4 aromatic rings. The molecule has 0 saturated carbocycles. The minimum Gasteiger partial charge on any atom is -0.343 e. The SMILES string of the molecule is C=CCC[CH2-].C=CCC[CH2-].[Pt+2].c1ccc(P(CCP(c2ccccc2)c2ccccc2)c2ccccc2)cc1. The van der Waals surface area contributed by atoms with Crippen molar-refractivity contribution in [1.82, 2.24) is 0 Å². The molecule has 0 N–H and O–H groups in total. The van der Waals surface area contributed by atoms with Crippen LogP contribution in [-0.4, -0.2) is 12.3 Å². The molecule has 0 amide bonds. The fourth-order valence-electron chi connectivity index (χ4n) is 3.73. The van der Waals surface area contributed by atoms with Gasteiger partial charge in [-0.2, -0.15) is 12.8 Å². The van der Waals surface area contributed by atoms with Crippen molar-refractivity contribution in [2.24, 2.45) is 0 Å². The van der Waals surface area contributed by atoms with Gasteiger partial charge in [0.2, 0.25) is 0 Å². The minimum absolute atomic E-state index is 0. The van der Waals surface area contributed by atoms with Crippen molar-refractivity contribution in [3.63, 3.8) is 0 Å². The van der Waals surface area contributed by atoms with Gasteiger partial charge in [-0.1, -0.05) is 146 Å². The summed E-state index contributed by atoms with van der Waals surface area (Å²) >= 11 is 0. The van der Waals surface area contributed by atoms with Gasteiger partial charge in [-0.05, 0) is 49.4 Å². The Hall–Kier alpha value is -2.09. The van der Waals surface area contributed by atoms with Crippen LogP contribution in [0.15, 0.2) is 147 Å². The van der Waals surface area contributed by atoms with Gasteiger partial charge in [-0.25, -0.2) is 0 Å². The molecule has 0 heterocycles. The first-order chi connectivity index (χ1) is 18.7. The van der Waals surface area contributed by atoms with Gasteiger partial charge in [-0.3, -0.25) is 0 Å². The van der Waals surface area contributed by atoms with Crippen LogP contribution in [0.1, 0.15) is 25.7 Å². The molecular weight excluding hydrogens is 689 g/mol. The van der Waals surface area contributed by atoms with Crippen LogP contribution in [-0.2, 0) is 21.1 Å². The molecule has 0 saturated heterocycles. The second-order valence-electron chi connectivity index (χ2n) is 8.51. The van der Waals surface area contributed by atoms with Crippen molar-refractivity contribution in [3.8, 4) is 0 Å². The van der Waals surface area contributed by atoms with E-state index in [1.165, 1.54) is 33.5 Å². The Labute approximate surface area is 255 Å². The fraction of sp³-hybridized carbons (Fsp3) is 0.167. The number of hydrogen-bond acceptors (Lipinski definition) is 0. The Bertz CT molecular complexity index is 944. The van der Waals surface area contributed by atoms with Gasteiger partial charge in [-0.15, -0.1) is 13.2 Å². The van der Waals surface area contributed by atoms with Crippen molar-refractivity contribution in [3.05, 3.63) is 160 Å². The monoisotopic (exact) mass is 731 g/mol. The van der Waals surface area contributed by atoms with Crippen LogP contribution in [0, 0.1) is 13.8 Å². The second-order valence-corrected chi connectivity index (χ2v) is 13.2. The van der Waals surface area contributed by atoms with Crippen LogP contribution in [0.5, 0.6) is 0 Å². The molecule has 0 aliphatic carbocycles. The van der Waals surface area contributed by atoms with Gasteiger partial charge < -0.3 is 13.8 Å². The molecular formula is C36H42P2Pt. The maximum absolute atomic E-state index is 3.60. The molecule has 0 aromatic heterocycles. The van der Waals surface area contributed by atoms with E-state index in [1.807, 2.05) is 12.2 Å². The van der Waals surface area contributed by atoms with Crippen molar-refractivity contribution in [1.29, 1.82) is 0 Å². The van der Waals surface area contributed by atoms with Crippen LogP contribution in [0.3, 0.4) is 0 Å². The number of rotatable bonds is 11. The minimum atomic E-state index is -0.348. The summed E-state index contributed by atoms with van der Waals surface area (Å²) in [6.45, 7) is 14.2. The third kappa shape index (κ3) is 13.7. The molecule has 0 fully saturated rings. The Kier molecular flexibility index (Phi) is 20.3. The summed E-state index contributed by atoms with van der Waals surface area (Å²) in [6, 6.07) is 44.2. The zero-order valence-corrected chi connectivity index (χ0v) is 27.0. The van der Waals surface area contributed by atoms with E-state index in [-0.39, 0.29) is 36.9 Å². The van der Waals surface area contributed by atoms with Gasteiger partial charge in [0, 0.05) is 0 Å². The van der Waals surface area contributed by atoms with E-state index in [9.17, 15) is 0 Å². The topological polar surface area (TPSA) is 0 Å². The van der Waals surface area contributed by atoms with Gasteiger partial charge in [0.15, 0.2) is 0 Å². The smallest absolute Gasteiger partial charge is 0.343 e. The Balaban J connectivity index is 0.000000595. The molecule has 0 aliphatic rings. The summed E-state index contributed by atoms with van der Waals surface area (Å²) in [6.07, 6.45) is 10.2. The summed E-state index contributed by atoms with van der Waals surface area (Å²) in [7, 11) is -0.696. The van der Waals surface area contributed by atoms with E-state index >= 15 is 0 Å². The Morgan fingerprint density at radius 2 is 0.692 bits per heavy atom. The Morgan fingerprint density at radius 3 is 0.846 bits per heavy atom. The molecule has 0 radical (unpaired) electrons. The van der Waals surface area contributed by atoms with Crippen molar-refractivity contribution >= 4 is 37.1 Å². The zero-order chi connectivity index (χ0) is 27.3. The predicted molar refractivity (Wildman–Crippen MR) is 177 cm³/mol. The van der Waals surface area contributed by atoms with Crippen LogP contribution in [0.4, 0.5) is 0 Å². The molecule has 4 aromatic carbocycles. The van der Waals surface area contributed by atoms with Crippen LogP contribution >= 0.6 is 15.8 Å². The molecule has 0 unspecified atom stereocenters. The fourth-order valence-corrected chi connectivity index (χ4v) is 9.09. The van der Waals surface area contributed by atoms with Gasteiger partial charge in [0.05, 0.1) is 0 Å². The van der Waals surface area contributed by atoms with Gasteiger partial charge in [0.25, 0.3) is 0 Å². The first kappa shape index (κ1) is 34.9. The summed E-state index contributed by atoms with van der Waals surface area (Å²) in [5, 5.41) is 5.89. The summed E-state index contributed by atoms with van der Waals surface area (Å²) in [5.74, 6) is 0. The van der Waals surface area contributed by atoms with E-state index in [2.05, 4.69) is 148 Å². The van der Waals surface area contributed by atoms with Crippen LogP contribution < -0.4 is 21.2 Å². The maximum atomic E-state index is 3.60. The average molecular weight is 732 g/mol. The van der Waals surface area contributed by atoms with Crippen LogP contribution in [0.2, 0.25) is 0 Å². The first-order valence-electron chi connectivity index (χ1n) is 13.3. The summed E-state index contributed by atoms with van der Waals surface area (Å²) in [5.41, 5.74) is 0. The molecule has 4 rings (SSSR count).